The van der Waals surface area contributed by atoms with Crippen LogP contribution in [0.15, 0.2) is 27.4 Å². The second-order valence-electron chi connectivity index (χ2n) is 3.92. The van der Waals surface area contributed by atoms with Gasteiger partial charge >= 0.3 is 0 Å². The first-order chi connectivity index (χ1) is 8.70. The minimum Gasteiger partial charge on any atom is -0.339 e. The molecule has 0 unspecified atom stereocenters. The van der Waals surface area contributed by atoms with Gasteiger partial charge in [0.05, 0.1) is 6.20 Å². The molecule has 2 heterocycles. The molecule has 18 heavy (non-hydrogen) atoms. The molecule has 2 aromatic heterocycles. The van der Waals surface area contributed by atoms with Gasteiger partial charge in [-0.1, -0.05) is 6.92 Å². The van der Waals surface area contributed by atoms with E-state index in [0.717, 1.165) is 45.7 Å². The quantitative estimate of drug-likeness (QED) is 0.788. The van der Waals surface area contributed by atoms with E-state index in [2.05, 4.69) is 59.1 Å². The fourth-order valence-electron chi connectivity index (χ4n) is 1.56. The van der Waals surface area contributed by atoms with Gasteiger partial charge in [0, 0.05) is 27.4 Å². The Morgan fingerprint density at radius 2 is 2.11 bits per heavy atom. The van der Waals surface area contributed by atoms with E-state index >= 15 is 0 Å². The molecule has 0 fully saturated rings. The van der Waals surface area contributed by atoms with Crippen molar-refractivity contribution in [2.75, 3.05) is 6.54 Å². The second kappa shape index (κ2) is 6.45. The van der Waals surface area contributed by atoms with Crippen molar-refractivity contribution in [3.63, 3.8) is 0 Å². The summed E-state index contributed by atoms with van der Waals surface area (Å²) in [5.74, 6) is 0.780. The highest BCUT2D eigenvalue weighted by Crippen LogP contribution is 2.26. The fourth-order valence-corrected chi connectivity index (χ4v) is 2.73. The Bertz CT molecular complexity index is 525. The first kappa shape index (κ1) is 13.7. The van der Waals surface area contributed by atoms with Crippen molar-refractivity contribution in [1.82, 2.24) is 20.3 Å². The van der Waals surface area contributed by atoms with Gasteiger partial charge in [-0.25, -0.2) is 4.98 Å². The van der Waals surface area contributed by atoms with Crippen molar-refractivity contribution in [2.24, 2.45) is 0 Å². The third kappa shape index (κ3) is 3.40. The molecule has 0 aliphatic heterocycles. The Kier molecular flexibility index (Phi) is 4.91. The van der Waals surface area contributed by atoms with Gasteiger partial charge in [0.15, 0.2) is 5.82 Å². The summed E-state index contributed by atoms with van der Waals surface area (Å²) in [6.45, 7) is 3.96. The summed E-state index contributed by atoms with van der Waals surface area (Å²) in [5, 5.41) is 3.33. The topological polar surface area (TPSA) is 53.6 Å². The van der Waals surface area contributed by atoms with Gasteiger partial charge < -0.3 is 10.3 Å². The molecule has 0 amide bonds. The van der Waals surface area contributed by atoms with Crippen LogP contribution in [-0.4, -0.2) is 21.5 Å². The average molecular weight is 374 g/mol. The van der Waals surface area contributed by atoms with Gasteiger partial charge in [-0.15, -0.1) is 0 Å². The number of aromatic amines is 1. The minimum atomic E-state index is 0.780. The maximum absolute atomic E-state index is 4.35. The summed E-state index contributed by atoms with van der Waals surface area (Å²) in [6, 6.07) is 1.96. The van der Waals surface area contributed by atoms with E-state index in [1.54, 1.807) is 6.20 Å². The van der Waals surface area contributed by atoms with Crippen LogP contribution in [0.2, 0.25) is 0 Å². The molecular weight excluding hydrogens is 360 g/mol. The van der Waals surface area contributed by atoms with Crippen molar-refractivity contribution >= 4 is 31.9 Å². The molecule has 0 saturated heterocycles. The van der Waals surface area contributed by atoms with Crippen molar-refractivity contribution in [3.8, 4) is 11.5 Å². The average Bonchev–Trinajstić information content (AvgIpc) is 2.78. The Hall–Kier alpha value is -0.720. The first-order valence-corrected chi connectivity index (χ1v) is 7.35. The molecule has 6 heteroatoms. The summed E-state index contributed by atoms with van der Waals surface area (Å²) < 4.78 is 1.86. The van der Waals surface area contributed by atoms with Gasteiger partial charge in [0.2, 0.25) is 0 Å². The zero-order valence-electron chi connectivity index (χ0n) is 10.0. The number of H-pyrrole nitrogens is 1. The van der Waals surface area contributed by atoms with Gasteiger partial charge in [-0.3, -0.25) is 4.98 Å². The number of nitrogens with one attached hydrogen (secondary N) is 2. The van der Waals surface area contributed by atoms with Crippen LogP contribution in [0.3, 0.4) is 0 Å². The lowest BCUT2D eigenvalue weighted by Gasteiger charge is -2.01. The van der Waals surface area contributed by atoms with Gasteiger partial charge in [0.25, 0.3) is 0 Å². The first-order valence-electron chi connectivity index (χ1n) is 5.76. The SMILES string of the molecule is CCCNCc1cnc(-c2ncc(Br)cc2Br)[nH]1. The third-order valence-electron chi connectivity index (χ3n) is 2.40. The summed E-state index contributed by atoms with van der Waals surface area (Å²) in [5.41, 5.74) is 1.88. The number of hydrogen-bond acceptors (Lipinski definition) is 3. The summed E-state index contributed by atoms with van der Waals surface area (Å²) in [7, 11) is 0. The van der Waals surface area contributed by atoms with Gasteiger partial charge in [0.1, 0.15) is 5.69 Å². The van der Waals surface area contributed by atoms with Crippen molar-refractivity contribution in [2.45, 2.75) is 19.9 Å². The fraction of sp³-hybridized carbons (Fsp3) is 0.333. The monoisotopic (exact) mass is 372 g/mol. The molecule has 2 aromatic rings. The molecular formula is C12H14Br2N4. The van der Waals surface area contributed by atoms with E-state index in [4.69, 9.17) is 0 Å². The minimum absolute atomic E-state index is 0.780. The van der Waals surface area contributed by atoms with E-state index in [-0.39, 0.29) is 0 Å². The molecule has 0 aliphatic carbocycles. The van der Waals surface area contributed by atoms with Crippen LogP contribution in [0.1, 0.15) is 19.0 Å². The molecule has 96 valence electrons. The lowest BCUT2D eigenvalue weighted by molar-refractivity contribution is 0.666. The standard InChI is InChI=1S/C12H14Br2N4/c1-2-3-15-6-9-7-17-12(18-9)11-10(14)4-8(13)5-16-11/h4-5,7,15H,2-3,6H2,1H3,(H,17,18). The van der Waals surface area contributed by atoms with Crippen LogP contribution < -0.4 is 5.32 Å². The Labute approximate surface area is 123 Å². The molecule has 2 rings (SSSR count). The highest BCUT2D eigenvalue weighted by atomic mass is 79.9. The molecule has 0 radical (unpaired) electrons. The molecule has 2 N–H and O–H groups in total. The molecule has 0 saturated carbocycles. The third-order valence-corrected chi connectivity index (χ3v) is 3.44. The van der Waals surface area contributed by atoms with Crippen LogP contribution in [0.5, 0.6) is 0 Å². The van der Waals surface area contributed by atoms with E-state index in [1.807, 2.05) is 12.3 Å². The van der Waals surface area contributed by atoms with Crippen LogP contribution in [0, 0.1) is 0 Å². The maximum Gasteiger partial charge on any atom is 0.157 e. The number of halogens is 2. The zero-order chi connectivity index (χ0) is 13.0. The molecule has 4 nitrogen and oxygen atoms in total. The molecule has 0 spiro atoms. The van der Waals surface area contributed by atoms with Crippen molar-refractivity contribution < 1.29 is 0 Å². The van der Waals surface area contributed by atoms with E-state index in [9.17, 15) is 0 Å². The zero-order valence-corrected chi connectivity index (χ0v) is 13.2. The van der Waals surface area contributed by atoms with Crippen LogP contribution in [0.4, 0.5) is 0 Å². The number of hydrogen-bond donors (Lipinski definition) is 2. The van der Waals surface area contributed by atoms with E-state index in [1.165, 1.54) is 0 Å². The molecule has 0 aliphatic rings. The largest absolute Gasteiger partial charge is 0.339 e. The van der Waals surface area contributed by atoms with Crippen LogP contribution >= 0.6 is 31.9 Å². The predicted molar refractivity (Wildman–Crippen MR) is 79.2 cm³/mol. The number of rotatable bonds is 5. The Morgan fingerprint density at radius 3 is 2.83 bits per heavy atom. The highest BCUT2D eigenvalue weighted by molar-refractivity contribution is 9.11. The Balaban J connectivity index is 2.13. The smallest absolute Gasteiger partial charge is 0.157 e. The summed E-state index contributed by atoms with van der Waals surface area (Å²) >= 11 is 6.87. The Morgan fingerprint density at radius 1 is 1.28 bits per heavy atom. The summed E-state index contributed by atoms with van der Waals surface area (Å²) in [4.78, 5) is 12.0. The lowest BCUT2D eigenvalue weighted by Crippen LogP contribution is -2.13. The normalized spacial score (nSPS) is 10.8. The van der Waals surface area contributed by atoms with Crippen molar-refractivity contribution in [1.29, 1.82) is 0 Å². The van der Waals surface area contributed by atoms with Gasteiger partial charge in [-0.2, -0.15) is 0 Å². The van der Waals surface area contributed by atoms with Crippen LogP contribution in [-0.2, 0) is 6.54 Å². The molecule has 0 bridgehead atoms. The lowest BCUT2D eigenvalue weighted by atomic mass is 10.3. The van der Waals surface area contributed by atoms with E-state index in [0.29, 0.717) is 0 Å². The summed E-state index contributed by atoms with van der Waals surface area (Å²) in [6.07, 6.45) is 4.73. The number of pyridine rings is 1. The number of imidazole rings is 1. The van der Waals surface area contributed by atoms with Crippen molar-refractivity contribution in [3.05, 3.63) is 33.1 Å². The van der Waals surface area contributed by atoms with Gasteiger partial charge in [-0.05, 0) is 50.9 Å². The maximum atomic E-state index is 4.35. The molecule has 0 atom stereocenters. The number of aromatic nitrogens is 3. The predicted octanol–water partition coefficient (Wildman–Crippen LogP) is 3.50. The van der Waals surface area contributed by atoms with Crippen LogP contribution in [0.25, 0.3) is 11.5 Å². The molecule has 0 aromatic carbocycles. The number of nitrogens with zero attached hydrogens (tertiary/aromatic N) is 2. The second-order valence-corrected chi connectivity index (χ2v) is 5.69. The highest BCUT2D eigenvalue weighted by Gasteiger charge is 2.09. The van der Waals surface area contributed by atoms with E-state index < -0.39 is 0 Å².